The molecule has 0 aromatic heterocycles. The van der Waals surface area contributed by atoms with Crippen molar-refractivity contribution in [3.05, 3.63) is 59.9 Å². The maximum absolute atomic E-state index is 13.0. The van der Waals surface area contributed by atoms with Crippen LogP contribution in [0.4, 0.5) is 20.6 Å². The van der Waals surface area contributed by atoms with E-state index >= 15 is 0 Å². The van der Waals surface area contributed by atoms with Crippen LogP contribution < -0.4 is 15.5 Å². The van der Waals surface area contributed by atoms with Crippen molar-refractivity contribution in [2.24, 2.45) is 0 Å². The van der Waals surface area contributed by atoms with Crippen LogP contribution in [-0.2, 0) is 5.60 Å². The van der Waals surface area contributed by atoms with E-state index in [1.54, 1.807) is 13.0 Å². The van der Waals surface area contributed by atoms with Gasteiger partial charge < -0.3 is 20.6 Å². The lowest BCUT2D eigenvalue weighted by atomic mass is 9.96. The number of halogens is 1. The van der Waals surface area contributed by atoms with Crippen LogP contribution in [0.15, 0.2) is 48.5 Å². The van der Waals surface area contributed by atoms with E-state index in [4.69, 9.17) is 0 Å². The summed E-state index contributed by atoms with van der Waals surface area (Å²) in [5.41, 5.74) is 0.895. The largest absolute Gasteiger partial charge is 0.384 e. The number of aliphatic hydroxyl groups is 1. The molecule has 0 bridgehead atoms. The lowest BCUT2D eigenvalue weighted by molar-refractivity contribution is 0.0599. The lowest BCUT2D eigenvalue weighted by Gasteiger charge is -2.24. The second-order valence-corrected chi connectivity index (χ2v) is 6.15. The average Bonchev–Trinajstić information content (AvgIpc) is 2.60. The number of carbonyl (C=O) groups excluding carboxylic acids is 1. The van der Waals surface area contributed by atoms with Gasteiger partial charge in [0.1, 0.15) is 11.4 Å². The van der Waals surface area contributed by atoms with Crippen molar-refractivity contribution in [3.8, 4) is 0 Å². The smallest absolute Gasteiger partial charge is 0.319 e. The van der Waals surface area contributed by atoms with Gasteiger partial charge in [-0.3, -0.25) is 0 Å². The topological polar surface area (TPSA) is 64.6 Å². The summed E-state index contributed by atoms with van der Waals surface area (Å²) in [5, 5.41) is 15.9. The van der Waals surface area contributed by atoms with Crippen LogP contribution in [0.2, 0.25) is 0 Å². The first-order chi connectivity index (χ1) is 11.8. The summed E-state index contributed by atoms with van der Waals surface area (Å²) >= 11 is 0. The normalized spacial score (nSPS) is 13.0. The van der Waals surface area contributed by atoms with E-state index in [9.17, 15) is 14.3 Å². The number of benzene rings is 2. The van der Waals surface area contributed by atoms with E-state index in [1.807, 2.05) is 32.2 Å². The molecule has 0 aliphatic carbocycles. The van der Waals surface area contributed by atoms with Crippen LogP contribution in [0.5, 0.6) is 0 Å². The molecule has 0 spiro atoms. The molecule has 1 unspecified atom stereocenters. The van der Waals surface area contributed by atoms with Gasteiger partial charge in [-0.1, -0.05) is 18.2 Å². The van der Waals surface area contributed by atoms with Gasteiger partial charge in [0.05, 0.1) is 6.54 Å². The molecule has 0 fully saturated rings. The Labute approximate surface area is 147 Å². The maximum Gasteiger partial charge on any atom is 0.319 e. The van der Waals surface area contributed by atoms with E-state index in [1.165, 1.54) is 24.3 Å². The van der Waals surface area contributed by atoms with Crippen molar-refractivity contribution < 1.29 is 14.3 Å². The molecule has 0 radical (unpaired) electrons. The minimum atomic E-state index is -1.30. The van der Waals surface area contributed by atoms with Gasteiger partial charge in [-0.25, -0.2) is 9.18 Å². The fraction of sp³-hybridized carbons (Fsp3) is 0.316. The molecule has 2 aromatic rings. The quantitative estimate of drug-likeness (QED) is 0.753. The van der Waals surface area contributed by atoms with Crippen LogP contribution >= 0.6 is 0 Å². The molecule has 5 nitrogen and oxygen atoms in total. The highest BCUT2D eigenvalue weighted by Gasteiger charge is 2.23. The number of nitrogens with one attached hydrogen (secondary N) is 2. The summed E-state index contributed by atoms with van der Waals surface area (Å²) in [5.74, 6) is -0.373. The van der Waals surface area contributed by atoms with E-state index < -0.39 is 11.6 Å². The lowest BCUT2D eigenvalue weighted by Crippen LogP contribution is -2.40. The highest BCUT2D eigenvalue weighted by atomic mass is 19.1. The van der Waals surface area contributed by atoms with Crippen molar-refractivity contribution in [2.45, 2.75) is 19.4 Å². The van der Waals surface area contributed by atoms with E-state index in [2.05, 4.69) is 15.5 Å². The first kappa shape index (κ1) is 18.7. The molecular weight excluding hydrogens is 321 g/mol. The number of nitrogens with zero attached hydrogens (tertiary/aromatic N) is 1. The van der Waals surface area contributed by atoms with Gasteiger partial charge in [-0.05, 0) is 49.7 Å². The van der Waals surface area contributed by atoms with Gasteiger partial charge in [0, 0.05) is 25.0 Å². The fourth-order valence-corrected chi connectivity index (χ4v) is 2.34. The third kappa shape index (κ3) is 5.19. The molecule has 1 atom stereocenters. The second-order valence-electron chi connectivity index (χ2n) is 6.15. The Hall–Kier alpha value is -2.60. The first-order valence-electron chi connectivity index (χ1n) is 8.16. The average molecular weight is 345 g/mol. The Morgan fingerprint density at radius 3 is 2.56 bits per heavy atom. The van der Waals surface area contributed by atoms with Gasteiger partial charge in [-0.15, -0.1) is 0 Å². The minimum absolute atomic E-state index is 0.000973. The number of hydrogen-bond acceptors (Lipinski definition) is 3. The van der Waals surface area contributed by atoms with Crippen molar-refractivity contribution in [2.75, 3.05) is 30.4 Å². The number of rotatable bonds is 6. The summed E-state index contributed by atoms with van der Waals surface area (Å²) in [4.78, 5) is 14.1. The third-order valence-corrected chi connectivity index (χ3v) is 4.08. The molecule has 0 aliphatic rings. The van der Waals surface area contributed by atoms with E-state index in [-0.39, 0.29) is 12.4 Å². The number of anilines is 2. The fourth-order valence-electron chi connectivity index (χ4n) is 2.34. The summed E-state index contributed by atoms with van der Waals surface area (Å²) in [6.07, 6.45) is 0. The first-order valence-corrected chi connectivity index (χ1v) is 8.16. The molecule has 2 aromatic carbocycles. The van der Waals surface area contributed by atoms with Gasteiger partial charge >= 0.3 is 6.03 Å². The number of hydrogen-bond donors (Lipinski definition) is 3. The number of carbonyl (C=O) groups is 1. The minimum Gasteiger partial charge on any atom is -0.384 e. The van der Waals surface area contributed by atoms with Crippen LogP contribution in [0, 0.1) is 5.82 Å². The molecule has 134 valence electrons. The van der Waals surface area contributed by atoms with Gasteiger partial charge in [-0.2, -0.15) is 0 Å². The van der Waals surface area contributed by atoms with Crippen molar-refractivity contribution >= 4 is 17.4 Å². The zero-order valence-electron chi connectivity index (χ0n) is 14.7. The molecule has 0 heterocycles. The van der Waals surface area contributed by atoms with E-state index in [0.29, 0.717) is 11.3 Å². The summed E-state index contributed by atoms with van der Waals surface area (Å²) in [6, 6.07) is 12.6. The van der Waals surface area contributed by atoms with Crippen molar-refractivity contribution in [1.82, 2.24) is 5.32 Å². The molecule has 0 saturated heterocycles. The van der Waals surface area contributed by atoms with Gasteiger partial charge in [0.15, 0.2) is 0 Å². The highest BCUT2D eigenvalue weighted by molar-refractivity contribution is 5.89. The van der Waals surface area contributed by atoms with Crippen LogP contribution in [0.3, 0.4) is 0 Å². The maximum atomic E-state index is 13.0. The van der Waals surface area contributed by atoms with Gasteiger partial charge in [0.25, 0.3) is 0 Å². The zero-order valence-corrected chi connectivity index (χ0v) is 14.7. The Morgan fingerprint density at radius 1 is 1.24 bits per heavy atom. The Balaban J connectivity index is 1.95. The number of amides is 2. The molecule has 2 rings (SSSR count). The number of urea groups is 1. The molecule has 2 amide bonds. The third-order valence-electron chi connectivity index (χ3n) is 4.08. The Bertz CT molecular complexity index is 717. The molecule has 25 heavy (non-hydrogen) atoms. The molecule has 0 aliphatic heterocycles. The predicted octanol–water partition coefficient (Wildman–Crippen LogP) is 3.31. The summed E-state index contributed by atoms with van der Waals surface area (Å²) in [7, 11) is 1.97. The molecule has 3 N–H and O–H groups in total. The summed E-state index contributed by atoms with van der Waals surface area (Å²) in [6.45, 7) is 4.47. The van der Waals surface area contributed by atoms with Crippen LogP contribution in [0.25, 0.3) is 0 Å². The zero-order chi connectivity index (χ0) is 18.4. The van der Waals surface area contributed by atoms with Gasteiger partial charge in [0.2, 0.25) is 0 Å². The Morgan fingerprint density at radius 2 is 1.92 bits per heavy atom. The monoisotopic (exact) mass is 345 g/mol. The molecular formula is C19H24FN3O2. The van der Waals surface area contributed by atoms with Crippen molar-refractivity contribution in [1.29, 1.82) is 0 Å². The predicted molar refractivity (Wildman–Crippen MR) is 98.4 cm³/mol. The SMILES string of the molecule is CCN(C)c1cccc(NC(=O)NCC(C)(O)c2ccc(F)cc2)c1. The highest BCUT2D eigenvalue weighted by Crippen LogP contribution is 2.20. The van der Waals surface area contributed by atoms with Crippen LogP contribution in [0.1, 0.15) is 19.4 Å². The summed E-state index contributed by atoms with van der Waals surface area (Å²) < 4.78 is 13.0. The van der Waals surface area contributed by atoms with Crippen LogP contribution in [-0.4, -0.2) is 31.3 Å². The van der Waals surface area contributed by atoms with Crippen molar-refractivity contribution in [3.63, 3.8) is 0 Å². The second kappa shape index (κ2) is 7.98. The molecule has 6 heteroatoms. The van der Waals surface area contributed by atoms with E-state index in [0.717, 1.165) is 12.2 Å². The molecule has 0 saturated carbocycles. The standard InChI is InChI=1S/C19H24FN3O2/c1-4-23(3)17-7-5-6-16(12-17)22-18(24)21-13-19(2,25)14-8-10-15(20)11-9-14/h5-12,25H,4,13H2,1-3H3,(H2,21,22,24). The Kier molecular flexibility index (Phi) is 5.98.